The summed E-state index contributed by atoms with van der Waals surface area (Å²) in [5.41, 5.74) is 1.02. The highest BCUT2D eigenvalue weighted by Gasteiger charge is 2.16. The molecule has 1 aromatic heterocycles. The van der Waals surface area contributed by atoms with E-state index in [-0.39, 0.29) is 11.8 Å². The summed E-state index contributed by atoms with van der Waals surface area (Å²) in [5.74, 6) is 0.115. The molecule has 2 aromatic rings. The zero-order valence-corrected chi connectivity index (χ0v) is 15.4. The molecule has 0 bridgehead atoms. The van der Waals surface area contributed by atoms with Crippen LogP contribution in [0.25, 0.3) is 6.08 Å². The van der Waals surface area contributed by atoms with Crippen LogP contribution < -0.4 is 0 Å². The first-order valence-corrected chi connectivity index (χ1v) is 8.51. The first kappa shape index (κ1) is 20.6. The second-order valence-electron chi connectivity index (χ2n) is 5.19. The maximum absolute atomic E-state index is 12.4. The van der Waals surface area contributed by atoms with Crippen LogP contribution in [0.2, 0.25) is 0 Å². The number of hydrogen-bond donors (Lipinski definition) is 1. The zero-order valence-electron chi connectivity index (χ0n) is 13.8. The van der Waals surface area contributed by atoms with Crippen LogP contribution in [-0.2, 0) is 4.79 Å². The molecule has 0 fully saturated rings. The third-order valence-electron chi connectivity index (χ3n) is 3.35. The highest BCUT2D eigenvalue weighted by molar-refractivity contribution is 9.10. The van der Waals surface area contributed by atoms with E-state index < -0.39 is 5.09 Å². The second kappa shape index (κ2) is 11.1. The molecule has 0 spiro atoms. The van der Waals surface area contributed by atoms with Gasteiger partial charge in [0, 0.05) is 16.9 Å². The van der Waals surface area contributed by atoms with Crippen molar-refractivity contribution >= 4 is 27.8 Å². The topological polar surface area (TPSA) is 98.3 Å². The molecule has 1 atom stereocenters. The summed E-state index contributed by atoms with van der Waals surface area (Å²) < 4.78 is 2.93. The Kier molecular flexibility index (Phi) is 9.16. The van der Waals surface area contributed by atoms with E-state index in [9.17, 15) is 4.79 Å². The van der Waals surface area contributed by atoms with Gasteiger partial charge in [0.15, 0.2) is 5.78 Å². The molecule has 0 saturated carbocycles. The predicted molar refractivity (Wildman–Crippen MR) is 97.8 cm³/mol. The second-order valence-corrected chi connectivity index (χ2v) is 6.11. The summed E-state index contributed by atoms with van der Waals surface area (Å²) >= 11 is 3.40. The molecule has 2 rings (SSSR count). The van der Waals surface area contributed by atoms with E-state index in [1.165, 1.54) is 0 Å². The van der Waals surface area contributed by atoms with Gasteiger partial charge in [-0.15, -0.1) is 10.1 Å². The molecule has 134 valence electrons. The average Bonchev–Trinajstić information content (AvgIpc) is 3.08. The monoisotopic (exact) mass is 409 g/mol. The maximum atomic E-state index is 12.4. The molecular formula is C17H20BrN3O4. The molecule has 7 nitrogen and oxygen atoms in total. The fraction of sp³-hybridized carbons (Fsp3) is 0.294. The summed E-state index contributed by atoms with van der Waals surface area (Å²) in [5, 5.41) is 13.6. The molecule has 8 heteroatoms. The number of carbonyl (C=O) groups is 1. The molecular weight excluding hydrogens is 390 g/mol. The highest BCUT2D eigenvalue weighted by atomic mass is 79.9. The van der Waals surface area contributed by atoms with Crippen molar-refractivity contribution in [3.05, 3.63) is 69.2 Å². The van der Waals surface area contributed by atoms with E-state index in [4.69, 9.17) is 15.3 Å². The lowest BCUT2D eigenvalue weighted by atomic mass is 10.0. The lowest BCUT2D eigenvalue weighted by molar-refractivity contribution is -0.742. The number of imidazole rings is 1. The Morgan fingerprint density at radius 1 is 1.44 bits per heavy atom. The van der Waals surface area contributed by atoms with Gasteiger partial charge in [0.2, 0.25) is 0 Å². The third-order valence-corrected chi connectivity index (χ3v) is 3.88. The molecule has 1 unspecified atom stereocenters. The number of unbranched alkanes of at least 4 members (excludes halogenated alkanes) is 1. The molecule has 0 aliphatic carbocycles. The number of aromatic nitrogens is 2. The van der Waals surface area contributed by atoms with Crippen LogP contribution in [0.15, 0.2) is 53.5 Å². The summed E-state index contributed by atoms with van der Waals surface area (Å²) in [6.45, 7) is 2.13. The highest BCUT2D eigenvalue weighted by Crippen LogP contribution is 2.18. The van der Waals surface area contributed by atoms with Crippen LogP contribution >= 0.6 is 15.9 Å². The third kappa shape index (κ3) is 8.25. The molecule has 0 radical (unpaired) electrons. The molecule has 1 heterocycles. The fourth-order valence-corrected chi connectivity index (χ4v) is 2.42. The fourth-order valence-electron chi connectivity index (χ4n) is 2.15. The Bertz CT molecular complexity index is 680. The summed E-state index contributed by atoms with van der Waals surface area (Å²) in [7, 11) is 0. The zero-order chi connectivity index (χ0) is 18.7. The largest absolute Gasteiger partial charge is 0.328 e. The van der Waals surface area contributed by atoms with Crippen molar-refractivity contribution in [3.63, 3.8) is 0 Å². The first-order valence-electron chi connectivity index (χ1n) is 7.72. The standard InChI is InChI=1S/C17H19BrN2O.HNO3/c1-2-3-4-16(20-12-11-19-13-20)17(21)10-7-14-5-8-15(18)9-6-14;2-1(3)4/h5-13,16H,2-4H2,1H3;(H,2,3,4). The van der Waals surface area contributed by atoms with Gasteiger partial charge >= 0.3 is 0 Å². The van der Waals surface area contributed by atoms with Gasteiger partial charge in [0.05, 0.1) is 12.4 Å². The minimum absolute atomic E-state index is 0.115. The Morgan fingerprint density at radius 3 is 2.60 bits per heavy atom. The van der Waals surface area contributed by atoms with Gasteiger partial charge in [-0.1, -0.05) is 53.9 Å². The average molecular weight is 410 g/mol. The molecule has 0 aliphatic rings. The Labute approximate surface area is 154 Å². The van der Waals surface area contributed by atoms with Gasteiger partial charge in [-0.3, -0.25) is 4.79 Å². The van der Waals surface area contributed by atoms with Gasteiger partial charge in [0.1, 0.15) is 0 Å². The molecule has 0 amide bonds. The Balaban J connectivity index is 0.000000705. The van der Waals surface area contributed by atoms with Crippen LogP contribution in [0.3, 0.4) is 0 Å². The number of ketones is 1. The number of nitrogens with zero attached hydrogens (tertiary/aromatic N) is 3. The summed E-state index contributed by atoms with van der Waals surface area (Å²) in [4.78, 5) is 24.8. The minimum atomic E-state index is -1.50. The molecule has 25 heavy (non-hydrogen) atoms. The van der Waals surface area contributed by atoms with Crippen molar-refractivity contribution in [3.8, 4) is 0 Å². The number of carbonyl (C=O) groups excluding carboxylic acids is 1. The van der Waals surface area contributed by atoms with E-state index in [0.29, 0.717) is 0 Å². The number of allylic oxidation sites excluding steroid dienone is 1. The van der Waals surface area contributed by atoms with Crippen LogP contribution in [0, 0.1) is 10.1 Å². The predicted octanol–water partition coefficient (Wildman–Crippen LogP) is 4.31. The Hall–Kier alpha value is -2.48. The minimum Gasteiger partial charge on any atom is -0.328 e. The van der Waals surface area contributed by atoms with Crippen LogP contribution in [-0.4, -0.2) is 25.6 Å². The van der Waals surface area contributed by atoms with Gasteiger partial charge < -0.3 is 9.77 Å². The Morgan fingerprint density at radius 2 is 2.08 bits per heavy atom. The lowest BCUT2D eigenvalue weighted by Gasteiger charge is -2.14. The van der Waals surface area contributed by atoms with Crippen LogP contribution in [0.1, 0.15) is 37.8 Å². The molecule has 1 aromatic carbocycles. The summed E-state index contributed by atoms with van der Waals surface area (Å²) in [6.07, 6.45) is 11.8. The summed E-state index contributed by atoms with van der Waals surface area (Å²) in [6, 6.07) is 7.74. The van der Waals surface area contributed by atoms with Crippen molar-refractivity contribution in [1.82, 2.24) is 9.55 Å². The van der Waals surface area contributed by atoms with E-state index in [1.807, 2.05) is 41.1 Å². The number of hydrogen-bond acceptors (Lipinski definition) is 4. The van der Waals surface area contributed by atoms with Crippen LogP contribution in [0.4, 0.5) is 0 Å². The molecule has 0 saturated heterocycles. The maximum Gasteiger partial charge on any atom is 0.291 e. The van der Waals surface area contributed by atoms with Gasteiger partial charge in [-0.2, -0.15) is 0 Å². The van der Waals surface area contributed by atoms with Gasteiger partial charge in [0.25, 0.3) is 5.09 Å². The number of rotatable bonds is 7. The van der Waals surface area contributed by atoms with E-state index in [0.717, 1.165) is 29.3 Å². The molecule has 0 aliphatic heterocycles. The molecule has 1 N–H and O–H groups in total. The van der Waals surface area contributed by atoms with E-state index in [1.54, 1.807) is 18.6 Å². The van der Waals surface area contributed by atoms with Crippen molar-refractivity contribution in [2.45, 2.75) is 32.2 Å². The SMILES string of the molecule is CCCCC(C(=O)C=Cc1ccc(Br)cc1)n1ccnc1.O=[N+]([O-])O. The normalized spacial score (nSPS) is 11.6. The van der Waals surface area contributed by atoms with E-state index >= 15 is 0 Å². The van der Waals surface area contributed by atoms with Crippen molar-refractivity contribution in [2.24, 2.45) is 0 Å². The van der Waals surface area contributed by atoms with Crippen molar-refractivity contribution in [2.75, 3.05) is 0 Å². The first-order chi connectivity index (χ1) is 11.9. The quantitative estimate of drug-likeness (QED) is 0.417. The van der Waals surface area contributed by atoms with Crippen molar-refractivity contribution in [1.29, 1.82) is 0 Å². The smallest absolute Gasteiger partial charge is 0.291 e. The lowest BCUT2D eigenvalue weighted by Crippen LogP contribution is -2.16. The van der Waals surface area contributed by atoms with Crippen LogP contribution in [0.5, 0.6) is 0 Å². The van der Waals surface area contributed by atoms with Gasteiger partial charge in [-0.05, 0) is 30.2 Å². The number of halogens is 1. The number of benzene rings is 1. The van der Waals surface area contributed by atoms with Crippen molar-refractivity contribution < 1.29 is 15.1 Å². The van der Waals surface area contributed by atoms with Gasteiger partial charge in [-0.25, -0.2) is 4.98 Å². The van der Waals surface area contributed by atoms with E-state index in [2.05, 4.69) is 27.8 Å².